The molecule has 0 aromatic carbocycles. The third-order valence-corrected chi connectivity index (χ3v) is 3.35. The van der Waals surface area contributed by atoms with Crippen LogP contribution in [0.4, 0.5) is 0 Å². The predicted molar refractivity (Wildman–Crippen MR) is 63.5 cm³/mol. The van der Waals surface area contributed by atoms with Gasteiger partial charge in [0.05, 0.1) is 0 Å². The van der Waals surface area contributed by atoms with Crippen molar-refractivity contribution in [1.29, 1.82) is 0 Å². The Morgan fingerprint density at radius 3 is 2.79 bits per heavy atom. The van der Waals surface area contributed by atoms with Crippen LogP contribution in [0.1, 0.15) is 51.9 Å². The molecule has 0 saturated heterocycles. The lowest BCUT2D eigenvalue weighted by Gasteiger charge is -2.16. The molecule has 0 bridgehead atoms. The minimum atomic E-state index is 0.814. The van der Waals surface area contributed by atoms with Gasteiger partial charge in [0.15, 0.2) is 0 Å². The monoisotopic (exact) mass is 195 g/mol. The van der Waals surface area contributed by atoms with Gasteiger partial charge in [-0.1, -0.05) is 25.8 Å². The van der Waals surface area contributed by atoms with Crippen molar-refractivity contribution in [1.82, 2.24) is 5.32 Å². The molecule has 0 heterocycles. The van der Waals surface area contributed by atoms with E-state index in [0.717, 1.165) is 12.0 Å². The van der Waals surface area contributed by atoms with Crippen molar-refractivity contribution in [2.45, 2.75) is 57.9 Å². The van der Waals surface area contributed by atoms with E-state index in [9.17, 15) is 0 Å². The number of nitrogens with one attached hydrogen (secondary N) is 1. The van der Waals surface area contributed by atoms with Crippen LogP contribution in [0.5, 0.6) is 0 Å². The lowest BCUT2D eigenvalue weighted by Crippen LogP contribution is -2.31. The summed E-state index contributed by atoms with van der Waals surface area (Å²) >= 11 is 0. The Balaban J connectivity index is 1.90. The maximum absolute atomic E-state index is 3.74. The molecule has 1 N–H and O–H groups in total. The van der Waals surface area contributed by atoms with Gasteiger partial charge in [0.25, 0.3) is 0 Å². The van der Waals surface area contributed by atoms with Crippen molar-refractivity contribution in [3.05, 3.63) is 12.7 Å². The fourth-order valence-electron chi connectivity index (χ4n) is 2.33. The zero-order valence-corrected chi connectivity index (χ0v) is 9.60. The summed E-state index contributed by atoms with van der Waals surface area (Å²) in [5.74, 6) is 0.906. The Hall–Kier alpha value is -0.300. The van der Waals surface area contributed by atoms with Crippen molar-refractivity contribution >= 4 is 0 Å². The van der Waals surface area contributed by atoms with Crippen LogP contribution in [0.25, 0.3) is 0 Å². The van der Waals surface area contributed by atoms with Gasteiger partial charge >= 0.3 is 0 Å². The molecule has 1 aliphatic carbocycles. The first kappa shape index (κ1) is 11.8. The standard InChI is InChI=1S/C13H25N/c1-3-4-5-6-7-11-14-13-10-8-9-12(13)2/h3,12-14H,1,4-11H2,2H3. The van der Waals surface area contributed by atoms with Crippen LogP contribution in [0, 0.1) is 5.92 Å². The highest BCUT2D eigenvalue weighted by molar-refractivity contribution is 4.79. The second kappa shape index (κ2) is 7.05. The van der Waals surface area contributed by atoms with Gasteiger partial charge in [-0.2, -0.15) is 0 Å². The molecule has 0 radical (unpaired) electrons. The van der Waals surface area contributed by atoms with E-state index in [0.29, 0.717) is 0 Å². The van der Waals surface area contributed by atoms with E-state index in [1.807, 2.05) is 6.08 Å². The molecule has 0 aromatic heterocycles. The molecule has 14 heavy (non-hydrogen) atoms. The Morgan fingerprint density at radius 2 is 2.14 bits per heavy atom. The van der Waals surface area contributed by atoms with Crippen LogP contribution in [0.15, 0.2) is 12.7 Å². The van der Waals surface area contributed by atoms with E-state index in [2.05, 4.69) is 18.8 Å². The normalized spacial score (nSPS) is 26.6. The molecule has 1 aliphatic rings. The summed E-state index contributed by atoms with van der Waals surface area (Å²) < 4.78 is 0. The first-order chi connectivity index (χ1) is 6.84. The SMILES string of the molecule is C=CCCCCCNC1CCCC1C. The summed E-state index contributed by atoms with van der Waals surface area (Å²) in [6.07, 6.45) is 11.4. The Labute approximate surface area is 89.0 Å². The number of hydrogen-bond donors (Lipinski definition) is 1. The molecule has 1 fully saturated rings. The smallest absolute Gasteiger partial charge is 0.00926 e. The van der Waals surface area contributed by atoms with Crippen LogP contribution in [-0.2, 0) is 0 Å². The van der Waals surface area contributed by atoms with E-state index in [-0.39, 0.29) is 0 Å². The zero-order chi connectivity index (χ0) is 10.2. The summed E-state index contributed by atoms with van der Waals surface area (Å²) in [5.41, 5.74) is 0. The molecule has 0 aromatic rings. The topological polar surface area (TPSA) is 12.0 Å². The van der Waals surface area contributed by atoms with Gasteiger partial charge in [-0.3, -0.25) is 0 Å². The summed E-state index contributed by atoms with van der Waals surface area (Å²) in [6, 6.07) is 0.814. The third kappa shape index (κ3) is 4.28. The highest BCUT2D eigenvalue weighted by Gasteiger charge is 2.21. The van der Waals surface area contributed by atoms with Crippen LogP contribution >= 0.6 is 0 Å². The average molecular weight is 195 g/mol. The van der Waals surface area contributed by atoms with Crippen molar-refractivity contribution in [3.63, 3.8) is 0 Å². The van der Waals surface area contributed by atoms with E-state index in [1.54, 1.807) is 0 Å². The van der Waals surface area contributed by atoms with Crippen LogP contribution < -0.4 is 5.32 Å². The molecule has 0 spiro atoms. The van der Waals surface area contributed by atoms with Gasteiger partial charge in [0, 0.05) is 6.04 Å². The van der Waals surface area contributed by atoms with E-state index in [1.165, 1.54) is 51.5 Å². The van der Waals surface area contributed by atoms with E-state index < -0.39 is 0 Å². The first-order valence-electron chi connectivity index (χ1n) is 6.19. The van der Waals surface area contributed by atoms with E-state index >= 15 is 0 Å². The fourth-order valence-corrected chi connectivity index (χ4v) is 2.33. The minimum Gasteiger partial charge on any atom is -0.314 e. The number of unbranched alkanes of at least 4 members (excludes halogenated alkanes) is 3. The molecule has 82 valence electrons. The minimum absolute atomic E-state index is 0.814. The van der Waals surface area contributed by atoms with Gasteiger partial charge in [-0.05, 0) is 44.6 Å². The first-order valence-corrected chi connectivity index (χ1v) is 6.19. The lowest BCUT2D eigenvalue weighted by atomic mass is 10.1. The molecule has 2 atom stereocenters. The van der Waals surface area contributed by atoms with Crippen LogP contribution in [0.2, 0.25) is 0 Å². The zero-order valence-electron chi connectivity index (χ0n) is 9.60. The maximum atomic E-state index is 3.74. The van der Waals surface area contributed by atoms with Crippen molar-refractivity contribution in [3.8, 4) is 0 Å². The van der Waals surface area contributed by atoms with Gasteiger partial charge in [-0.25, -0.2) is 0 Å². The van der Waals surface area contributed by atoms with Crippen molar-refractivity contribution in [2.75, 3.05) is 6.54 Å². The largest absolute Gasteiger partial charge is 0.314 e. The number of rotatable bonds is 7. The van der Waals surface area contributed by atoms with E-state index in [4.69, 9.17) is 0 Å². The second-order valence-corrected chi connectivity index (χ2v) is 4.61. The van der Waals surface area contributed by atoms with Crippen molar-refractivity contribution < 1.29 is 0 Å². The van der Waals surface area contributed by atoms with Gasteiger partial charge in [0.2, 0.25) is 0 Å². The average Bonchev–Trinajstić information content (AvgIpc) is 2.58. The Kier molecular flexibility index (Phi) is 5.93. The van der Waals surface area contributed by atoms with Crippen LogP contribution in [-0.4, -0.2) is 12.6 Å². The summed E-state index contributed by atoms with van der Waals surface area (Å²) in [4.78, 5) is 0. The second-order valence-electron chi connectivity index (χ2n) is 4.61. The molecular weight excluding hydrogens is 170 g/mol. The van der Waals surface area contributed by atoms with Crippen LogP contribution in [0.3, 0.4) is 0 Å². The molecule has 1 nitrogen and oxygen atoms in total. The molecule has 1 rings (SSSR count). The molecule has 0 aliphatic heterocycles. The lowest BCUT2D eigenvalue weighted by molar-refractivity contribution is 0.420. The Morgan fingerprint density at radius 1 is 1.29 bits per heavy atom. The Bertz CT molecular complexity index is 153. The van der Waals surface area contributed by atoms with Crippen molar-refractivity contribution in [2.24, 2.45) is 5.92 Å². The van der Waals surface area contributed by atoms with Gasteiger partial charge in [0.1, 0.15) is 0 Å². The quantitative estimate of drug-likeness (QED) is 0.484. The summed E-state index contributed by atoms with van der Waals surface area (Å²) in [6.45, 7) is 7.33. The highest BCUT2D eigenvalue weighted by Crippen LogP contribution is 2.24. The fraction of sp³-hybridized carbons (Fsp3) is 0.846. The number of allylic oxidation sites excluding steroid dienone is 1. The van der Waals surface area contributed by atoms with Gasteiger partial charge in [-0.15, -0.1) is 6.58 Å². The molecule has 0 amide bonds. The molecule has 1 heteroatoms. The van der Waals surface area contributed by atoms with Gasteiger partial charge < -0.3 is 5.32 Å². The molecular formula is C13H25N. The maximum Gasteiger partial charge on any atom is 0.00926 e. The summed E-state index contributed by atoms with van der Waals surface area (Å²) in [7, 11) is 0. The third-order valence-electron chi connectivity index (χ3n) is 3.35. The molecule has 1 saturated carbocycles. The molecule has 2 unspecified atom stereocenters. The predicted octanol–water partition coefficient (Wildman–Crippen LogP) is 3.51. The highest BCUT2D eigenvalue weighted by atomic mass is 14.9. The number of hydrogen-bond acceptors (Lipinski definition) is 1. The summed E-state index contributed by atoms with van der Waals surface area (Å²) in [5, 5.41) is 3.68.